The summed E-state index contributed by atoms with van der Waals surface area (Å²) in [6.07, 6.45) is 0. The molecule has 0 spiro atoms. The number of hydrogen-bond donors (Lipinski definition) is 0. The van der Waals surface area contributed by atoms with Crippen molar-refractivity contribution in [2.24, 2.45) is 5.92 Å². The lowest BCUT2D eigenvalue weighted by atomic mass is 9.74. The monoisotopic (exact) mass is 308 g/mol. The van der Waals surface area contributed by atoms with Gasteiger partial charge in [-0.3, -0.25) is 9.59 Å². The number of carbonyl (C=O) groups is 2. The maximum Gasteiger partial charge on any atom is 0.141 e. The highest BCUT2D eigenvalue weighted by Crippen LogP contribution is 2.37. The highest BCUT2D eigenvalue weighted by atomic mass is 16.1. The SMILES string of the molecule is CC(=O)C(C(C)=O)C(c1ccccc1)c1c(C)cc(C)cc1C. The summed E-state index contributed by atoms with van der Waals surface area (Å²) in [5.41, 5.74) is 5.56. The maximum atomic E-state index is 12.2. The summed E-state index contributed by atoms with van der Waals surface area (Å²) in [6.45, 7) is 9.21. The van der Waals surface area contributed by atoms with Gasteiger partial charge >= 0.3 is 0 Å². The number of Topliss-reactive ketones (excluding diaryl/α,β-unsaturated/α-hetero) is 2. The van der Waals surface area contributed by atoms with E-state index in [1.165, 1.54) is 19.4 Å². The Balaban J connectivity index is 2.73. The molecule has 0 bridgehead atoms. The Morgan fingerprint density at radius 2 is 1.30 bits per heavy atom. The van der Waals surface area contributed by atoms with Gasteiger partial charge in [0.15, 0.2) is 0 Å². The molecular weight excluding hydrogens is 284 g/mol. The number of carbonyl (C=O) groups excluding carboxylic acids is 2. The number of aryl methyl sites for hydroxylation is 3. The quantitative estimate of drug-likeness (QED) is 0.760. The van der Waals surface area contributed by atoms with E-state index < -0.39 is 5.92 Å². The van der Waals surface area contributed by atoms with E-state index in [9.17, 15) is 9.59 Å². The van der Waals surface area contributed by atoms with Crippen molar-refractivity contribution < 1.29 is 9.59 Å². The fraction of sp³-hybridized carbons (Fsp3) is 0.333. The van der Waals surface area contributed by atoms with Gasteiger partial charge in [0, 0.05) is 5.92 Å². The molecule has 2 aromatic rings. The van der Waals surface area contributed by atoms with Gasteiger partial charge in [-0.1, -0.05) is 48.0 Å². The van der Waals surface area contributed by atoms with Gasteiger partial charge in [-0.2, -0.15) is 0 Å². The summed E-state index contributed by atoms with van der Waals surface area (Å²) in [4.78, 5) is 24.5. The molecule has 120 valence electrons. The van der Waals surface area contributed by atoms with E-state index in [4.69, 9.17) is 0 Å². The second kappa shape index (κ2) is 6.91. The normalized spacial score (nSPS) is 12.3. The van der Waals surface area contributed by atoms with Crippen molar-refractivity contribution in [1.29, 1.82) is 0 Å². The van der Waals surface area contributed by atoms with Gasteiger partial charge in [-0.25, -0.2) is 0 Å². The summed E-state index contributed by atoms with van der Waals surface area (Å²) in [5, 5.41) is 0. The standard InChI is InChI=1S/C21H24O2/c1-13-11-14(2)19(15(3)12-13)21(18-9-7-6-8-10-18)20(16(4)22)17(5)23/h6-12,20-21H,1-5H3. The Morgan fingerprint density at radius 3 is 1.74 bits per heavy atom. The highest BCUT2D eigenvalue weighted by Gasteiger charge is 2.33. The lowest BCUT2D eigenvalue weighted by Crippen LogP contribution is -2.29. The van der Waals surface area contributed by atoms with Gasteiger partial charge in [0.05, 0.1) is 5.92 Å². The first-order valence-electron chi connectivity index (χ1n) is 7.96. The van der Waals surface area contributed by atoms with Crippen molar-refractivity contribution in [2.75, 3.05) is 0 Å². The maximum absolute atomic E-state index is 12.2. The first-order chi connectivity index (χ1) is 10.8. The third-order valence-corrected chi connectivity index (χ3v) is 4.42. The van der Waals surface area contributed by atoms with Crippen LogP contribution in [0.1, 0.15) is 47.6 Å². The van der Waals surface area contributed by atoms with Gasteiger partial charge in [-0.05, 0) is 56.9 Å². The summed E-state index contributed by atoms with van der Waals surface area (Å²) < 4.78 is 0. The Labute approximate surface area is 138 Å². The second-order valence-electron chi connectivity index (χ2n) is 6.40. The van der Waals surface area contributed by atoms with E-state index in [1.54, 1.807) is 0 Å². The van der Waals surface area contributed by atoms with Crippen molar-refractivity contribution in [3.8, 4) is 0 Å². The van der Waals surface area contributed by atoms with Crippen molar-refractivity contribution in [1.82, 2.24) is 0 Å². The number of hydrogen-bond acceptors (Lipinski definition) is 2. The molecule has 23 heavy (non-hydrogen) atoms. The lowest BCUT2D eigenvalue weighted by molar-refractivity contribution is -0.130. The molecule has 0 saturated heterocycles. The molecule has 0 fully saturated rings. The van der Waals surface area contributed by atoms with Crippen LogP contribution in [0, 0.1) is 26.7 Å². The average molecular weight is 308 g/mol. The number of benzene rings is 2. The number of ketones is 2. The molecule has 0 aliphatic carbocycles. The molecule has 0 aliphatic rings. The topological polar surface area (TPSA) is 34.1 Å². The van der Waals surface area contributed by atoms with Crippen LogP contribution in [0.4, 0.5) is 0 Å². The summed E-state index contributed by atoms with van der Waals surface area (Å²) in [5.74, 6) is -1.03. The Hall–Kier alpha value is -2.22. The van der Waals surface area contributed by atoms with Crippen LogP contribution < -0.4 is 0 Å². The van der Waals surface area contributed by atoms with Crippen LogP contribution in [0.3, 0.4) is 0 Å². The first-order valence-corrected chi connectivity index (χ1v) is 7.96. The predicted molar refractivity (Wildman–Crippen MR) is 93.8 cm³/mol. The molecule has 1 unspecified atom stereocenters. The molecule has 0 heterocycles. The molecule has 2 rings (SSSR count). The molecule has 0 amide bonds. The van der Waals surface area contributed by atoms with E-state index in [0.29, 0.717) is 0 Å². The Bertz CT molecular complexity index is 692. The van der Waals surface area contributed by atoms with Gasteiger partial charge in [-0.15, -0.1) is 0 Å². The summed E-state index contributed by atoms with van der Waals surface area (Å²) in [7, 11) is 0. The molecule has 2 nitrogen and oxygen atoms in total. The first kappa shape index (κ1) is 17.1. The molecule has 2 heteroatoms. The number of rotatable bonds is 5. The van der Waals surface area contributed by atoms with Crippen molar-refractivity contribution in [3.63, 3.8) is 0 Å². The molecular formula is C21H24O2. The van der Waals surface area contributed by atoms with Crippen LogP contribution in [-0.4, -0.2) is 11.6 Å². The predicted octanol–water partition coefficient (Wildman–Crippen LogP) is 4.54. The zero-order valence-corrected chi connectivity index (χ0v) is 14.5. The minimum Gasteiger partial charge on any atom is -0.299 e. The Morgan fingerprint density at radius 1 is 0.826 bits per heavy atom. The molecule has 0 saturated carbocycles. The largest absolute Gasteiger partial charge is 0.299 e. The molecule has 0 aliphatic heterocycles. The molecule has 1 atom stereocenters. The smallest absolute Gasteiger partial charge is 0.141 e. The van der Waals surface area contributed by atoms with E-state index >= 15 is 0 Å². The minimum atomic E-state index is -0.641. The summed E-state index contributed by atoms with van der Waals surface area (Å²) in [6, 6.07) is 14.1. The molecule has 0 N–H and O–H groups in total. The van der Waals surface area contributed by atoms with E-state index in [2.05, 4.69) is 32.9 Å². The van der Waals surface area contributed by atoms with Crippen LogP contribution in [0.25, 0.3) is 0 Å². The third-order valence-electron chi connectivity index (χ3n) is 4.42. The van der Waals surface area contributed by atoms with Gasteiger partial charge < -0.3 is 0 Å². The fourth-order valence-corrected chi connectivity index (χ4v) is 3.62. The van der Waals surface area contributed by atoms with Crippen LogP contribution >= 0.6 is 0 Å². The van der Waals surface area contributed by atoms with Crippen LogP contribution in [0.5, 0.6) is 0 Å². The van der Waals surface area contributed by atoms with Crippen molar-refractivity contribution >= 4 is 11.6 Å². The fourth-order valence-electron chi connectivity index (χ4n) is 3.62. The minimum absolute atomic E-state index is 0.0780. The van der Waals surface area contributed by atoms with E-state index in [0.717, 1.165) is 22.3 Å². The van der Waals surface area contributed by atoms with Gasteiger partial charge in [0.2, 0.25) is 0 Å². The van der Waals surface area contributed by atoms with Gasteiger partial charge in [0.1, 0.15) is 11.6 Å². The third kappa shape index (κ3) is 3.58. The average Bonchev–Trinajstić information content (AvgIpc) is 2.45. The Kier molecular flexibility index (Phi) is 5.15. The summed E-state index contributed by atoms with van der Waals surface area (Å²) >= 11 is 0. The van der Waals surface area contributed by atoms with E-state index in [-0.39, 0.29) is 17.5 Å². The van der Waals surface area contributed by atoms with Crippen LogP contribution in [0.15, 0.2) is 42.5 Å². The van der Waals surface area contributed by atoms with E-state index in [1.807, 2.05) is 30.3 Å². The van der Waals surface area contributed by atoms with Crippen LogP contribution in [-0.2, 0) is 9.59 Å². The molecule has 0 aromatic heterocycles. The van der Waals surface area contributed by atoms with Crippen LogP contribution in [0.2, 0.25) is 0 Å². The lowest BCUT2D eigenvalue weighted by Gasteiger charge is -2.28. The molecule has 0 radical (unpaired) electrons. The highest BCUT2D eigenvalue weighted by molar-refractivity contribution is 6.01. The van der Waals surface area contributed by atoms with Gasteiger partial charge in [0.25, 0.3) is 0 Å². The zero-order chi connectivity index (χ0) is 17.1. The van der Waals surface area contributed by atoms with Crippen molar-refractivity contribution in [3.05, 3.63) is 70.3 Å². The van der Waals surface area contributed by atoms with Crippen molar-refractivity contribution in [2.45, 2.75) is 40.5 Å². The zero-order valence-electron chi connectivity index (χ0n) is 14.5. The molecule has 2 aromatic carbocycles. The second-order valence-corrected chi connectivity index (χ2v) is 6.40.